The molecule has 0 unspecified atom stereocenters. The Labute approximate surface area is 85.3 Å². The summed E-state index contributed by atoms with van der Waals surface area (Å²) in [7, 11) is 0. The zero-order valence-corrected chi connectivity index (χ0v) is 8.74. The first-order valence-electron chi connectivity index (χ1n) is 3.82. The molecule has 1 rings (SSSR count). The molecule has 0 amide bonds. The quantitative estimate of drug-likeness (QED) is 0.452. The van der Waals surface area contributed by atoms with Crippen molar-refractivity contribution in [3.8, 4) is 5.75 Å². The molecule has 0 atom stereocenters. The number of benzene rings is 1. The minimum atomic E-state index is -0.357. The standard InChI is InChI=1S/C10H9BrO2/c1-2-3-10(12)13-9-6-4-8(11)5-7-9/h2-7H,1H3. The second kappa shape index (κ2) is 4.82. The molecule has 3 heteroatoms. The van der Waals surface area contributed by atoms with Gasteiger partial charge >= 0.3 is 5.97 Å². The third-order valence-corrected chi connectivity index (χ3v) is 1.86. The van der Waals surface area contributed by atoms with E-state index in [9.17, 15) is 4.79 Å². The van der Waals surface area contributed by atoms with Crippen molar-refractivity contribution >= 4 is 21.9 Å². The SMILES string of the molecule is CC=CC(=O)Oc1ccc(Br)cc1. The van der Waals surface area contributed by atoms with E-state index in [2.05, 4.69) is 15.9 Å². The Kier molecular flexibility index (Phi) is 3.71. The maximum atomic E-state index is 11.0. The van der Waals surface area contributed by atoms with Gasteiger partial charge in [0.25, 0.3) is 0 Å². The molecule has 0 N–H and O–H groups in total. The molecule has 0 spiro atoms. The fraction of sp³-hybridized carbons (Fsp3) is 0.100. The van der Waals surface area contributed by atoms with E-state index in [1.807, 2.05) is 12.1 Å². The zero-order chi connectivity index (χ0) is 9.68. The van der Waals surface area contributed by atoms with Crippen molar-refractivity contribution in [2.75, 3.05) is 0 Å². The summed E-state index contributed by atoms with van der Waals surface area (Å²) in [4.78, 5) is 11.0. The summed E-state index contributed by atoms with van der Waals surface area (Å²) in [5, 5.41) is 0. The Bertz CT molecular complexity index is 314. The summed E-state index contributed by atoms with van der Waals surface area (Å²) in [6.07, 6.45) is 3.02. The average molecular weight is 241 g/mol. The van der Waals surface area contributed by atoms with Crippen molar-refractivity contribution in [2.45, 2.75) is 6.92 Å². The Morgan fingerprint density at radius 2 is 2.00 bits per heavy atom. The minimum absolute atomic E-state index is 0.357. The van der Waals surface area contributed by atoms with Crippen LogP contribution in [0.1, 0.15) is 6.92 Å². The lowest BCUT2D eigenvalue weighted by atomic mass is 10.3. The highest BCUT2D eigenvalue weighted by atomic mass is 79.9. The van der Waals surface area contributed by atoms with Gasteiger partial charge in [0, 0.05) is 10.5 Å². The number of hydrogen-bond acceptors (Lipinski definition) is 2. The number of hydrogen-bond donors (Lipinski definition) is 0. The summed E-state index contributed by atoms with van der Waals surface area (Å²) in [6, 6.07) is 7.09. The van der Waals surface area contributed by atoms with Crippen molar-refractivity contribution in [1.82, 2.24) is 0 Å². The number of carbonyl (C=O) groups is 1. The molecule has 0 saturated heterocycles. The van der Waals surface area contributed by atoms with E-state index in [1.54, 1.807) is 25.1 Å². The van der Waals surface area contributed by atoms with Gasteiger partial charge in [-0.05, 0) is 31.2 Å². The average Bonchev–Trinajstić information content (AvgIpc) is 2.09. The van der Waals surface area contributed by atoms with Crippen LogP contribution in [0.2, 0.25) is 0 Å². The van der Waals surface area contributed by atoms with E-state index in [0.29, 0.717) is 5.75 Å². The molecular weight excluding hydrogens is 232 g/mol. The first-order chi connectivity index (χ1) is 6.22. The Hall–Kier alpha value is -1.09. The normalized spacial score (nSPS) is 10.3. The third kappa shape index (κ3) is 3.42. The number of ether oxygens (including phenoxy) is 1. The van der Waals surface area contributed by atoms with Gasteiger partial charge in [-0.2, -0.15) is 0 Å². The number of halogens is 1. The maximum absolute atomic E-state index is 11.0. The van der Waals surface area contributed by atoms with Gasteiger partial charge in [0.1, 0.15) is 5.75 Å². The highest BCUT2D eigenvalue weighted by Gasteiger charge is 1.98. The van der Waals surface area contributed by atoms with E-state index in [1.165, 1.54) is 6.08 Å². The van der Waals surface area contributed by atoms with Crippen molar-refractivity contribution in [1.29, 1.82) is 0 Å². The van der Waals surface area contributed by atoms with Gasteiger partial charge < -0.3 is 4.74 Å². The van der Waals surface area contributed by atoms with Crippen molar-refractivity contribution in [3.05, 3.63) is 40.9 Å². The molecule has 2 nitrogen and oxygen atoms in total. The first-order valence-corrected chi connectivity index (χ1v) is 4.62. The van der Waals surface area contributed by atoms with Gasteiger partial charge in [-0.25, -0.2) is 4.79 Å². The fourth-order valence-corrected chi connectivity index (χ4v) is 1.05. The summed E-state index contributed by atoms with van der Waals surface area (Å²) in [5.74, 6) is 0.191. The van der Waals surface area contributed by atoms with Crippen LogP contribution >= 0.6 is 15.9 Å². The number of allylic oxidation sites excluding steroid dienone is 1. The van der Waals surface area contributed by atoms with E-state index in [4.69, 9.17) is 4.74 Å². The van der Waals surface area contributed by atoms with E-state index in [0.717, 1.165) is 4.47 Å². The van der Waals surface area contributed by atoms with Gasteiger partial charge in [-0.1, -0.05) is 22.0 Å². The predicted octanol–water partition coefficient (Wildman–Crippen LogP) is 2.93. The predicted molar refractivity (Wildman–Crippen MR) is 54.6 cm³/mol. The van der Waals surface area contributed by atoms with Crippen LogP contribution in [0.25, 0.3) is 0 Å². The minimum Gasteiger partial charge on any atom is -0.423 e. The number of rotatable bonds is 2. The van der Waals surface area contributed by atoms with Crippen molar-refractivity contribution < 1.29 is 9.53 Å². The molecule has 1 aromatic rings. The van der Waals surface area contributed by atoms with Gasteiger partial charge in [0.2, 0.25) is 0 Å². The van der Waals surface area contributed by atoms with Gasteiger partial charge in [0.15, 0.2) is 0 Å². The summed E-state index contributed by atoms with van der Waals surface area (Å²) >= 11 is 3.29. The second-order valence-electron chi connectivity index (χ2n) is 2.38. The van der Waals surface area contributed by atoms with E-state index < -0.39 is 0 Å². The maximum Gasteiger partial charge on any atom is 0.335 e. The molecule has 0 heterocycles. The number of esters is 1. The van der Waals surface area contributed by atoms with Gasteiger partial charge in [-0.3, -0.25) is 0 Å². The largest absolute Gasteiger partial charge is 0.423 e. The summed E-state index contributed by atoms with van der Waals surface area (Å²) in [6.45, 7) is 1.77. The smallest absolute Gasteiger partial charge is 0.335 e. The lowest BCUT2D eigenvalue weighted by Gasteiger charge is -1.99. The zero-order valence-electron chi connectivity index (χ0n) is 7.16. The van der Waals surface area contributed by atoms with Crippen molar-refractivity contribution in [2.24, 2.45) is 0 Å². The Morgan fingerprint density at radius 3 is 2.54 bits per heavy atom. The molecule has 0 saturated carbocycles. The van der Waals surface area contributed by atoms with Gasteiger partial charge in [0.05, 0.1) is 0 Å². The highest BCUT2D eigenvalue weighted by Crippen LogP contribution is 2.16. The van der Waals surface area contributed by atoms with Crippen LogP contribution in [-0.2, 0) is 4.79 Å². The third-order valence-electron chi connectivity index (χ3n) is 1.33. The van der Waals surface area contributed by atoms with Crippen molar-refractivity contribution in [3.63, 3.8) is 0 Å². The Morgan fingerprint density at radius 1 is 1.38 bits per heavy atom. The fourth-order valence-electron chi connectivity index (χ4n) is 0.789. The van der Waals surface area contributed by atoms with Crippen LogP contribution in [0.3, 0.4) is 0 Å². The van der Waals surface area contributed by atoms with Crippen LogP contribution < -0.4 is 4.74 Å². The molecule has 0 radical (unpaired) electrons. The molecule has 68 valence electrons. The molecule has 0 fully saturated rings. The molecule has 1 aromatic carbocycles. The van der Waals surface area contributed by atoms with Crippen LogP contribution in [0, 0.1) is 0 Å². The topological polar surface area (TPSA) is 26.3 Å². The summed E-state index contributed by atoms with van der Waals surface area (Å²) < 4.78 is 5.92. The lowest BCUT2D eigenvalue weighted by molar-refractivity contribution is -0.128. The first kappa shape index (κ1) is 9.99. The lowest BCUT2D eigenvalue weighted by Crippen LogP contribution is -2.02. The highest BCUT2D eigenvalue weighted by molar-refractivity contribution is 9.10. The molecule has 0 aliphatic heterocycles. The molecule has 0 aromatic heterocycles. The molecular formula is C10H9BrO2. The monoisotopic (exact) mass is 240 g/mol. The number of carbonyl (C=O) groups excluding carboxylic acids is 1. The Balaban J connectivity index is 2.64. The van der Waals surface area contributed by atoms with Crippen LogP contribution in [-0.4, -0.2) is 5.97 Å². The molecule has 0 aliphatic rings. The molecule has 0 aliphatic carbocycles. The van der Waals surface area contributed by atoms with Crippen LogP contribution in [0.4, 0.5) is 0 Å². The van der Waals surface area contributed by atoms with E-state index >= 15 is 0 Å². The summed E-state index contributed by atoms with van der Waals surface area (Å²) in [5.41, 5.74) is 0. The second-order valence-corrected chi connectivity index (χ2v) is 3.29. The van der Waals surface area contributed by atoms with Gasteiger partial charge in [-0.15, -0.1) is 0 Å². The van der Waals surface area contributed by atoms with E-state index in [-0.39, 0.29) is 5.97 Å². The van der Waals surface area contributed by atoms with Crippen LogP contribution in [0.5, 0.6) is 5.75 Å². The molecule has 13 heavy (non-hydrogen) atoms. The van der Waals surface area contributed by atoms with Crippen LogP contribution in [0.15, 0.2) is 40.9 Å². The molecule has 0 bridgehead atoms.